The molecule has 0 aliphatic carbocycles. The number of hydrogen-bond donors (Lipinski definition) is 2. The van der Waals surface area contributed by atoms with Gasteiger partial charge in [0.05, 0.1) is 34.6 Å². The summed E-state index contributed by atoms with van der Waals surface area (Å²) in [5.41, 5.74) is 4.97. The number of sulfone groups is 2. The van der Waals surface area contributed by atoms with Crippen LogP contribution in [0, 0.1) is 0 Å². The fraction of sp³-hybridized carbons (Fsp3) is 0.356. The van der Waals surface area contributed by atoms with Gasteiger partial charge >= 0.3 is 0 Å². The predicted molar refractivity (Wildman–Crippen MR) is 239 cm³/mol. The first kappa shape index (κ1) is 42.1. The second-order valence-electron chi connectivity index (χ2n) is 17.1. The summed E-state index contributed by atoms with van der Waals surface area (Å²) in [7, 11) is -7.22. The molecule has 0 spiro atoms. The van der Waals surface area contributed by atoms with E-state index in [1.54, 1.807) is 37.1 Å². The number of carbonyl (C=O) groups is 1. The van der Waals surface area contributed by atoms with Gasteiger partial charge in [0, 0.05) is 70.7 Å². The molecule has 332 valence electrons. The number of carbonyl (C=O) groups excluding carboxylic acids is 1. The van der Waals surface area contributed by atoms with E-state index in [1.807, 2.05) is 58.3 Å². The van der Waals surface area contributed by atoms with Crippen molar-refractivity contribution in [3.05, 3.63) is 97.0 Å². The van der Waals surface area contributed by atoms with Gasteiger partial charge in [0.2, 0.25) is 0 Å². The van der Waals surface area contributed by atoms with Crippen LogP contribution in [-0.4, -0.2) is 123 Å². The first-order chi connectivity index (χ1) is 30.7. The first-order valence-electron chi connectivity index (χ1n) is 21.1. The molecule has 2 aliphatic rings. The number of para-hydroxylation sites is 2. The van der Waals surface area contributed by atoms with Gasteiger partial charge in [-0.15, -0.1) is 0 Å². The van der Waals surface area contributed by atoms with Crippen LogP contribution >= 0.6 is 0 Å². The average molecular weight is 907 g/mol. The molecule has 8 heterocycles. The predicted octanol–water partition coefficient (Wildman–Crippen LogP) is 5.27. The Labute approximate surface area is 367 Å². The Balaban J connectivity index is 1.14. The zero-order chi connectivity index (χ0) is 44.5. The molecule has 2 N–H and O–H groups in total. The molecule has 0 amide bonds. The van der Waals surface area contributed by atoms with Gasteiger partial charge in [-0.25, -0.2) is 26.2 Å². The molecule has 6 aromatic heterocycles. The molecule has 8 aromatic rings. The third kappa shape index (κ3) is 8.00. The van der Waals surface area contributed by atoms with Gasteiger partial charge in [-0.1, -0.05) is 36.4 Å². The molecule has 17 nitrogen and oxygen atoms in total. The first-order valence-corrected chi connectivity index (χ1v) is 25.2. The molecule has 2 saturated heterocycles. The van der Waals surface area contributed by atoms with Gasteiger partial charge in [-0.2, -0.15) is 10.2 Å². The third-order valence-electron chi connectivity index (χ3n) is 12.2. The van der Waals surface area contributed by atoms with Crippen LogP contribution in [0.5, 0.6) is 0 Å². The molecule has 0 saturated carbocycles. The van der Waals surface area contributed by atoms with Crippen LogP contribution in [0.4, 0.5) is 0 Å². The fourth-order valence-corrected chi connectivity index (χ4v) is 10.7. The largest absolute Gasteiger partial charge is 0.464 e. The highest BCUT2D eigenvalue weighted by atomic mass is 32.2. The highest BCUT2D eigenvalue weighted by molar-refractivity contribution is 7.89. The van der Waals surface area contributed by atoms with E-state index in [0.717, 1.165) is 23.3 Å². The topological polar surface area (TPSA) is 220 Å². The molecule has 0 radical (unpaired) electrons. The Morgan fingerprint density at radius 1 is 0.672 bits per heavy atom. The average Bonchev–Trinajstić information content (AvgIpc) is 4.03. The van der Waals surface area contributed by atoms with Crippen molar-refractivity contribution in [1.29, 1.82) is 0 Å². The van der Waals surface area contributed by atoms with E-state index in [4.69, 9.17) is 29.0 Å². The molecule has 2 aliphatic heterocycles. The molecular formula is C45H46N8O9S2. The summed E-state index contributed by atoms with van der Waals surface area (Å²) in [5.74, 6) is -1.23. The number of nitrogens with zero attached hydrogens (tertiary/aromatic N) is 8. The van der Waals surface area contributed by atoms with Crippen molar-refractivity contribution in [2.24, 2.45) is 0 Å². The lowest BCUT2D eigenvalue weighted by atomic mass is 9.92. The number of likely N-dealkylation sites (tertiary alicyclic amines) is 2. The van der Waals surface area contributed by atoms with Crippen molar-refractivity contribution in [3.8, 4) is 22.5 Å². The summed E-state index contributed by atoms with van der Waals surface area (Å²) < 4.78 is 66.0. The molecule has 2 fully saturated rings. The van der Waals surface area contributed by atoms with E-state index >= 15 is 4.79 Å². The van der Waals surface area contributed by atoms with Crippen molar-refractivity contribution in [3.63, 3.8) is 0 Å². The van der Waals surface area contributed by atoms with Gasteiger partial charge in [0.25, 0.3) is 0 Å². The highest BCUT2D eigenvalue weighted by Gasteiger charge is 2.42. The summed E-state index contributed by atoms with van der Waals surface area (Å²) in [4.78, 5) is 29.5. The van der Waals surface area contributed by atoms with E-state index < -0.39 is 55.7 Å². The molecule has 10 rings (SSSR count). The standard InChI is InChI=1S/C45H46N8O9S2/c1-63(57,58)25-52-37-17-35(46-19-31(37)41(48-52)33-23-61-39-13-5-3-11-29(33)39)43(50-15-7-9-27(54)21-50)45(56)44(51-16-8-10-28(55)22-51)36-18-38-32(20-47-36)42(49-53(38)26-64(2,59)60)34-24-62-40-14-6-4-12-30(34)40/h3-6,11-14,17-20,23-24,27-28,43-44,54-55H,7-10,15-16,21-22,25-26H2,1-2H3. The minimum Gasteiger partial charge on any atom is -0.464 e. The lowest BCUT2D eigenvalue weighted by molar-refractivity contribution is -0.133. The van der Waals surface area contributed by atoms with Crippen molar-refractivity contribution < 1.29 is 40.7 Å². The number of β-amino-alcohol motifs (C(OH)–C–C–N with tert-alkyl or cyclic N) is 2. The maximum atomic E-state index is 15.8. The molecular weight excluding hydrogens is 861 g/mol. The number of aliphatic hydroxyl groups is 2. The number of rotatable bonds is 12. The second kappa shape index (κ2) is 16.3. The van der Waals surface area contributed by atoms with Gasteiger partial charge in [0.1, 0.15) is 58.9 Å². The van der Waals surface area contributed by atoms with Gasteiger partial charge < -0.3 is 19.0 Å². The van der Waals surface area contributed by atoms with E-state index in [1.165, 1.54) is 9.36 Å². The van der Waals surface area contributed by atoms with Crippen LogP contribution in [0.1, 0.15) is 49.2 Å². The number of benzene rings is 2. The number of hydrogen-bond acceptors (Lipinski definition) is 15. The number of piperidine rings is 2. The van der Waals surface area contributed by atoms with Crippen molar-refractivity contribution in [1.82, 2.24) is 39.3 Å². The number of Topliss-reactive ketones (excluding diaryl/α,β-unsaturated/α-hetero) is 1. The van der Waals surface area contributed by atoms with Crippen LogP contribution in [-0.2, 0) is 36.2 Å². The molecule has 19 heteroatoms. The maximum absolute atomic E-state index is 15.8. The van der Waals surface area contributed by atoms with Crippen molar-refractivity contribution >= 4 is 69.2 Å². The number of furan rings is 2. The number of aliphatic hydroxyl groups excluding tert-OH is 2. The Morgan fingerprint density at radius 2 is 1.09 bits per heavy atom. The molecule has 64 heavy (non-hydrogen) atoms. The highest BCUT2D eigenvalue weighted by Crippen LogP contribution is 2.40. The maximum Gasteiger partial charge on any atom is 0.179 e. The third-order valence-corrected chi connectivity index (χ3v) is 13.6. The normalized spacial score (nSPS) is 19.2. The summed E-state index contributed by atoms with van der Waals surface area (Å²) in [5, 5.41) is 34.3. The molecule has 2 aromatic carbocycles. The monoisotopic (exact) mass is 906 g/mol. The van der Waals surface area contributed by atoms with Crippen molar-refractivity contribution in [2.75, 3.05) is 38.7 Å². The summed E-state index contributed by atoms with van der Waals surface area (Å²) >= 11 is 0. The number of fused-ring (bicyclic) bond motifs is 4. The minimum absolute atomic E-state index is 0.163. The number of aromatic nitrogens is 6. The quantitative estimate of drug-likeness (QED) is 0.160. The van der Waals surface area contributed by atoms with Gasteiger partial charge in [-0.3, -0.25) is 24.6 Å². The lowest BCUT2D eigenvalue weighted by Gasteiger charge is -2.40. The second-order valence-corrected chi connectivity index (χ2v) is 21.4. The van der Waals surface area contributed by atoms with E-state index in [9.17, 15) is 27.0 Å². The minimum atomic E-state index is -3.61. The Hall–Kier alpha value is -5.83. The van der Waals surface area contributed by atoms with Crippen LogP contribution in [0.3, 0.4) is 0 Å². The summed E-state index contributed by atoms with van der Waals surface area (Å²) in [6.07, 6.45) is 9.46. The van der Waals surface area contributed by atoms with Gasteiger partial charge in [0.15, 0.2) is 25.5 Å². The van der Waals surface area contributed by atoms with E-state index in [0.29, 0.717) is 106 Å². The van der Waals surface area contributed by atoms with Crippen LogP contribution in [0.25, 0.3) is 66.3 Å². The summed E-state index contributed by atoms with van der Waals surface area (Å²) in [6.45, 7) is 1.23. The number of pyridine rings is 2. The van der Waals surface area contributed by atoms with Crippen LogP contribution in [0.2, 0.25) is 0 Å². The van der Waals surface area contributed by atoms with E-state index in [2.05, 4.69) is 0 Å². The SMILES string of the molecule is CS(=O)(=O)Cn1nc(-c2coc3ccccc23)c2cnc(C(C(=O)C(c3cc4c(cn3)c(-c3coc5ccccc35)nn4CS(C)(=O)=O)N3CCCC(O)C3)N3CCCC(O)C3)cc21. The lowest BCUT2D eigenvalue weighted by Crippen LogP contribution is -2.49. The van der Waals surface area contributed by atoms with Crippen LogP contribution in [0.15, 0.2) is 94.4 Å². The molecule has 4 atom stereocenters. The van der Waals surface area contributed by atoms with E-state index in [-0.39, 0.29) is 18.9 Å². The fourth-order valence-electron chi connectivity index (χ4n) is 9.44. The molecule has 0 bridgehead atoms. The van der Waals surface area contributed by atoms with Crippen molar-refractivity contribution in [2.45, 2.75) is 61.7 Å². The zero-order valence-electron chi connectivity index (χ0n) is 35.1. The number of ketones is 1. The smallest absolute Gasteiger partial charge is 0.179 e. The van der Waals surface area contributed by atoms with Crippen LogP contribution < -0.4 is 0 Å². The Morgan fingerprint density at radius 3 is 1.50 bits per heavy atom. The summed E-state index contributed by atoms with van der Waals surface area (Å²) in [6, 6.07) is 16.2. The molecule has 4 unspecified atom stereocenters. The van der Waals surface area contributed by atoms with Gasteiger partial charge in [-0.05, 0) is 63.0 Å². The Kier molecular flexibility index (Phi) is 10.7. The Bertz CT molecular complexity index is 3100. The zero-order valence-corrected chi connectivity index (χ0v) is 36.7.